The number of thiophene rings is 1. The number of amides is 1. The summed E-state index contributed by atoms with van der Waals surface area (Å²) in [6.45, 7) is 8.87. The van der Waals surface area contributed by atoms with Crippen molar-refractivity contribution in [3.8, 4) is 0 Å². The van der Waals surface area contributed by atoms with Crippen molar-refractivity contribution in [2.75, 3.05) is 17.7 Å². The molecule has 2 aromatic heterocycles. The van der Waals surface area contributed by atoms with Gasteiger partial charge in [-0.3, -0.25) is 4.79 Å². The lowest BCUT2D eigenvalue weighted by Crippen LogP contribution is -2.16. The summed E-state index contributed by atoms with van der Waals surface area (Å²) in [4.78, 5) is 25.5. The molecule has 142 valence electrons. The van der Waals surface area contributed by atoms with Crippen molar-refractivity contribution in [2.24, 2.45) is 0 Å². The highest BCUT2D eigenvalue weighted by Crippen LogP contribution is 2.29. The summed E-state index contributed by atoms with van der Waals surface area (Å²) in [7, 11) is 0. The minimum Gasteiger partial charge on any atom is -0.462 e. The van der Waals surface area contributed by atoms with Crippen LogP contribution in [0.15, 0.2) is 11.2 Å². The van der Waals surface area contributed by atoms with E-state index >= 15 is 0 Å². The van der Waals surface area contributed by atoms with Gasteiger partial charge < -0.3 is 14.6 Å². The SMILES string of the molecule is CCOC(=O)c1cc(CC)sc1NC(=O)CSc1nnc(CC)n1CC. The molecule has 0 aliphatic heterocycles. The molecule has 0 aliphatic rings. The number of nitrogens with one attached hydrogen (secondary N) is 1. The first kappa shape index (κ1) is 20.4. The number of aromatic nitrogens is 3. The lowest BCUT2D eigenvalue weighted by atomic mass is 10.2. The van der Waals surface area contributed by atoms with Crippen LogP contribution in [-0.4, -0.2) is 39.0 Å². The molecule has 2 rings (SSSR count). The van der Waals surface area contributed by atoms with E-state index in [0.29, 0.717) is 17.2 Å². The maximum absolute atomic E-state index is 12.4. The van der Waals surface area contributed by atoms with Gasteiger partial charge in [-0.15, -0.1) is 21.5 Å². The van der Waals surface area contributed by atoms with Crippen molar-refractivity contribution >= 4 is 40.0 Å². The van der Waals surface area contributed by atoms with Crippen LogP contribution in [0.5, 0.6) is 0 Å². The average molecular weight is 397 g/mol. The number of anilines is 1. The second kappa shape index (κ2) is 9.72. The number of carbonyl (C=O) groups excluding carboxylic acids is 2. The zero-order valence-corrected chi connectivity index (χ0v) is 17.1. The number of aryl methyl sites for hydroxylation is 2. The largest absolute Gasteiger partial charge is 0.462 e. The quantitative estimate of drug-likeness (QED) is 0.516. The van der Waals surface area contributed by atoms with Gasteiger partial charge in [0.05, 0.1) is 17.9 Å². The number of rotatable bonds is 9. The van der Waals surface area contributed by atoms with E-state index in [0.717, 1.165) is 35.2 Å². The third-order valence-corrected chi connectivity index (χ3v) is 5.80. The zero-order chi connectivity index (χ0) is 19.1. The zero-order valence-electron chi connectivity index (χ0n) is 15.5. The van der Waals surface area contributed by atoms with Gasteiger partial charge in [0.2, 0.25) is 5.91 Å². The first-order chi connectivity index (χ1) is 12.5. The summed E-state index contributed by atoms with van der Waals surface area (Å²) < 4.78 is 7.07. The Morgan fingerprint density at radius 2 is 2.00 bits per heavy atom. The average Bonchev–Trinajstić information content (AvgIpc) is 3.23. The van der Waals surface area contributed by atoms with E-state index in [1.54, 1.807) is 13.0 Å². The molecular weight excluding hydrogens is 372 g/mol. The molecule has 9 heteroatoms. The molecule has 0 fully saturated rings. The lowest BCUT2D eigenvalue weighted by molar-refractivity contribution is -0.113. The standard InChI is InChI=1S/C17H24N4O3S2/c1-5-11-9-12(16(23)24-8-4)15(26-11)18-14(22)10-25-17-20-19-13(6-2)21(17)7-3/h9H,5-8,10H2,1-4H3,(H,18,22). The minimum atomic E-state index is -0.412. The van der Waals surface area contributed by atoms with E-state index in [1.807, 2.05) is 25.3 Å². The van der Waals surface area contributed by atoms with E-state index in [9.17, 15) is 9.59 Å². The summed E-state index contributed by atoms with van der Waals surface area (Å²) in [6, 6.07) is 1.78. The number of carbonyl (C=O) groups is 2. The third kappa shape index (κ3) is 4.85. The smallest absolute Gasteiger partial charge is 0.341 e. The second-order valence-electron chi connectivity index (χ2n) is 5.36. The molecule has 7 nitrogen and oxygen atoms in total. The first-order valence-electron chi connectivity index (χ1n) is 8.68. The van der Waals surface area contributed by atoms with Crippen molar-refractivity contribution in [1.29, 1.82) is 0 Å². The molecule has 1 amide bonds. The van der Waals surface area contributed by atoms with Crippen LogP contribution >= 0.6 is 23.1 Å². The van der Waals surface area contributed by atoms with Crippen LogP contribution in [-0.2, 0) is 28.9 Å². The fraction of sp³-hybridized carbons (Fsp3) is 0.529. The highest BCUT2D eigenvalue weighted by molar-refractivity contribution is 7.99. The van der Waals surface area contributed by atoms with Gasteiger partial charge in [0.1, 0.15) is 10.8 Å². The molecule has 0 saturated heterocycles. The molecule has 0 atom stereocenters. The molecular formula is C17H24N4O3S2. The fourth-order valence-corrected chi connectivity index (χ4v) is 4.19. The highest BCUT2D eigenvalue weighted by Gasteiger charge is 2.19. The van der Waals surface area contributed by atoms with Crippen molar-refractivity contribution < 1.29 is 14.3 Å². The molecule has 2 aromatic rings. The van der Waals surface area contributed by atoms with Crippen molar-refractivity contribution in [3.05, 3.63) is 22.3 Å². The summed E-state index contributed by atoms with van der Waals surface area (Å²) in [5.41, 5.74) is 0.414. The van der Waals surface area contributed by atoms with Gasteiger partial charge in [-0.05, 0) is 26.3 Å². The Morgan fingerprint density at radius 3 is 2.62 bits per heavy atom. The predicted molar refractivity (Wildman–Crippen MR) is 104 cm³/mol. The van der Waals surface area contributed by atoms with Crippen LogP contribution in [0.25, 0.3) is 0 Å². The normalized spacial score (nSPS) is 10.8. The molecule has 0 bridgehead atoms. The number of hydrogen-bond acceptors (Lipinski definition) is 7. The predicted octanol–water partition coefficient (Wildman–Crippen LogP) is 3.39. The van der Waals surface area contributed by atoms with E-state index in [2.05, 4.69) is 15.5 Å². The monoisotopic (exact) mass is 396 g/mol. The number of thioether (sulfide) groups is 1. The van der Waals surface area contributed by atoms with Gasteiger partial charge in [0.15, 0.2) is 5.16 Å². The number of ether oxygens (including phenoxy) is 1. The maximum Gasteiger partial charge on any atom is 0.341 e. The number of esters is 1. The molecule has 0 saturated carbocycles. The summed E-state index contributed by atoms with van der Waals surface area (Å²) in [5.74, 6) is 0.507. The Morgan fingerprint density at radius 1 is 1.23 bits per heavy atom. The van der Waals surface area contributed by atoms with E-state index in [1.165, 1.54) is 23.1 Å². The van der Waals surface area contributed by atoms with Gasteiger partial charge >= 0.3 is 5.97 Å². The Kier molecular flexibility index (Phi) is 7.65. The van der Waals surface area contributed by atoms with Crippen LogP contribution < -0.4 is 5.32 Å². The van der Waals surface area contributed by atoms with Gasteiger partial charge in [-0.1, -0.05) is 25.6 Å². The highest BCUT2D eigenvalue weighted by atomic mass is 32.2. The molecule has 0 aliphatic carbocycles. The Bertz CT molecular complexity index is 770. The van der Waals surface area contributed by atoms with E-state index < -0.39 is 5.97 Å². The molecule has 0 unspecified atom stereocenters. The van der Waals surface area contributed by atoms with Gasteiger partial charge in [-0.2, -0.15) is 0 Å². The second-order valence-corrected chi connectivity index (χ2v) is 7.44. The number of nitrogens with zero attached hydrogens (tertiary/aromatic N) is 3. The summed E-state index contributed by atoms with van der Waals surface area (Å²) >= 11 is 2.74. The van der Waals surface area contributed by atoms with Crippen LogP contribution in [0.3, 0.4) is 0 Å². The molecule has 0 spiro atoms. The van der Waals surface area contributed by atoms with Crippen LogP contribution in [0, 0.1) is 0 Å². The van der Waals surface area contributed by atoms with Crippen LogP contribution in [0.2, 0.25) is 0 Å². The third-order valence-electron chi connectivity index (χ3n) is 3.64. The molecule has 0 aromatic carbocycles. The van der Waals surface area contributed by atoms with Crippen molar-refractivity contribution in [1.82, 2.24) is 14.8 Å². The Balaban J connectivity index is 2.05. The molecule has 0 radical (unpaired) electrons. The van der Waals surface area contributed by atoms with E-state index in [4.69, 9.17) is 4.74 Å². The Hall–Kier alpha value is -1.87. The van der Waals surface area contributed by atoms with Gasteiger partial charge in [-0.25, -0.2) is 4.79 Å². The van der Waals surface area contributed by atoms with Crippen molar-refractivity contribution in [2.45, 2.75) is 52.2 Å². The maximum atomic E-state index is 12.4. The van der Waals surface area contributed by atoms with E-state index in [-0.39, 0.29) is 11.7 Å². The number of hydrogen-bond donors (Lipinski definition) is 1. The van der Waals surface area contributed by atoms with Gasteiger partial charge in [0.25, 0.3) is 0 Å². The summed E-state index contributed by atoms with van der Waals surface area (Å²) in [6.07, 6.45) is 1.59. The molecule has 2 heterocycles. The van der Waals surface area contributed by atoms with Crippen LogP contribution in [0.4, 0.5) is 5.00 Å². The lowest BCUT2D eigenvalue weighted by Gasteiger charge is -2.07. The first-order valence-corrected chi connectivity index (χ1v) is 10.5. The van der Waals surface area contributed by atoms with Crippen LogP contribution in [0.1, 0.15) is 48.8 Å². The molecule has 1 N–H and O–H groups in total. The minimum absolute atomic E-state index is 0.186. The topological polar surface area (TPSA) is 86.1 Å². The van der Waals surface area contributed by atoms with Crippen molar-refractivity contribution in [3.63, 3.8) is 0 Å². The fourth-order valence-electron chi connectivity index (χ4n) is 2.37. The Labute approximate surface area is 161 Å². The van der Waals surface area contributed by atoms with Gasteiger partial charge in [0, 0.05) is 17.8 Å². The molecule has 26 heavy (non-hydrogen) atoms. The summed E-state index contributed by atoms with van der Waals surface area (Å²) in [5, 5.41) is 12.4.